The maximum absolute atomic E-state index is 15.1. The predicted molar refractivity (Wildman–Crippen MR) is 152 cm³/mol. The van der Waals surface area contributed by atoms with Gasteiger partial charge in [0.05, 0.1) is 23.7 Å². The number of benzene rings is 1. The van der Waals surface area contributed by atoms with Crippen LogP contribution in [0.4, 0.5) is 10.2 Å². The Kier molecular flexibility index (Phi) is 7.34. The van der Waals surface area contributed by atoms with E-state index in [1.807, 2.05) is 0 Å². The zero-order chi connectivity index (χ0) is 28.8. The monoisotopic (exact) mass is 578 g/mol. The molecule has 41 heavy (non-hydrogen) atoms. The van der Waals surface area contributed by atoms with Crippen molar-refractivity contribution >= 4 is 29.2 Å². The second-order valence-electron chi connectivity index (χ2n) is 11.2. The molecule has 5 heterocycles. The molecule has 0 radical (unpaired) electrons. The van der Waals surface area contributed by atoms with Crippen molar-refractivity contribution in [1.82, 2.24) is 19.7 Å². The molecule has 1 aromatic carbocycles. The molecule has 2 unspecified atom stereocenters. The summed E-state index contributed by atoms with van der Waals surface area (Å²) >= 11 is 6.89. The number of anilines is 1. The molecular formula is C30H32ClFN6O3. The van der Waals surface area contributed by atoms with Gasteiger partial charge >= 0.3 is 0 Å². The molecule has 9 nitrogen and oxygen atoms in total. The molecule has 0 spiro atoms. The third-order valence-electron chi connectivity index (χ3n) is 8.81. The molecule has 6 rings (SSSR count). The molecule has 1 aromatic heterocycles. The SMILES string of the molecule is C=CC(=O)N1CCN2C(=O)c3c(N4CC(N5CCC(C#N)C5)C[C@@H]4C)nc(-c4ccccc4F)c(Cl)c3OC[C@H]2C1. The van der Waals surface area contributed by atoms with E-state index in [1.165, 1.54) is 12.1 Å². The molecule has 0 bridgehead atoms. The number of halogens is 2. The highest BCUT2D eigenvalue weighted by Crippen LogP contribution is 2.45. The lowest BCUT2D eigenvalue weighted by Gasteiger charge is -2.39. The molecule has 4 aliphatic rings. The van der Waals surface area contributed by atoms with Crippen LogP contribution in [-0.4, -0.2) is 95.5 Å². The summed E-state index contributed by atoms with van der Waals surface area (Å²) in [7, 11) is 0. The number of likely N-dealkylation sites (tertiary alicyclic amines) is 1. The Morgan fingerprint density at radius 1 is 1.20 bits per heavy atom. The smallest absolute Gasteiger partial charge is 0.261 e. The summed E-state index contributed by atoms with van der Waals surface area (Å²) in [5.74, 6) is -0.301. The van der Waals surface area contributed by atoms with Gasteiger partial charge in [0, 0.05) is 50.4 Å². The molecule has 11 heteroatoms. The summed E-state index contributed by atoms with van der Waals surface area (Å²) in [5.41, 5.74) is 0.711. The highest BCUT2D eigenvalue weighted by molar-refractivity contribution is 6.35. The van der Waals surface area contributed by atoms with Crippen LogP contribution in [0, 0.1) is 23.1 Å². The van der Waals surface area contributed by atoms with Crippen LogP contribution in [0.25, 0.3) is 11.3 Å². The van der Waals surface area contributed by atoms with Gasteiger partial charge in [-0.3, -0.25) is 14.5 Å². The second-order valence-corrected chi connectivity index (χ2v) is 11.6. The molecule has 4 aliphatic heterocycles. The number of carbonyl (C=O) groups excluding carboxylic acids is 2. The Morgan fingerprint density at radius 3 is 2.73 bits per heavy atom. The van der Waals surface area contributed by atoms with Gasteiger partial charge in [0.25, 0.3) is 5.91 Å². The number of hydrogen-bond acceptors (Lipinski definition) is 7. The summed E-state index contributed by atoms with van der Waals surface area (Å²) in [6, 6.07) is 8.50. The lowest BCUT2D eigenvalue weighted by atomic mass is 10.1. The van der Waals surface area contributed by atoms with Crippen LogP contribution < -0.4 is 9.64 Å². The van der Waals surface area contributed by atoms with E-state index in [2.05, 4.69) is 29.4 Å². The van der Waals surface area contributed by atoms with Crippen LogP contribution in [-0.2, 0) is 4.79 Å². The van der Waals surface area contributed by atoms with Crippen molar-refractivity contribution < 1.29 is 18.7 Å². The summed E-state index contributed by atoms with van der Waals surface area (Å²) in [5, 5.41) is 9.50. The molecule has 2 aromatic rings. The third-order valence-corrected chi connectivity index (χ3v) is 9.16. The minimum atomic E-state index is -0.476. The lowest BCUT2D eigenvalue weighted by Crippen LogP contribution is -2.57. The number of rotatable bonds is 4. The highest BCUT2D eigenvalue weighted by Gasteiger charge is 2.43. The first kappa shape index (κ1) is 27.5. The second kappa shape index (κ2) is 11.0. The number of piperazine rings is 1. The Labute approximate surface area is 243 Å². The summed E-state index contributed by atoms with van der Waals surface area (Å²) in [4.78, 5) is 39.3. The first-order valence-electron chi connectivity index (χ1n) is 14.0. The van der Waals surface area contributed by atoms with Gasteiger partial charge in [-0.05, 0) is 44.5 Å². The first-order chi connectivity index (χ1) is 19.8. The number of pyridine rings is 1. The van der Waals surface area contributed by atoms with Crippen LogP contribution in [0.5, 0.6) is 5.75 Å². The van der Waals surface area contributed by atoms with Crippen molar-refractivity contribution in [2.24, 2.45) is 5.92 Å². The maximum atomic E-state index is 15.1. The van der Waals surface area contributed by atoms with E-state index in [-0.39, 0.29) is 70.1 Å². The van der Waals surface area contributed by atoms with Crippen molar-refractivity contribution in [3.63, 3.8) is 0 Å². The lowest BCUT2D eigenvalue weighted by molar-refractivity contribution is -0.128. The van der Waals surface area contributed by atoms with Gasteiger partial charge in [-0.2, -0.15) is 5.26 Å². The van der Waals surface area contributed by atoms with Crippen molar-refractivity contribution in [2.75, 3.05) is 50.8 Å². The summed E-state index contributed by atoms with van der Waals surface area (Å²) in [6.45, 7) is 9.01. The van der Waals surface area contributed by atoms with Crippen LogP contribution >= 0.6 is 11.6 Å². The van der Waals surface area contributed by atoms with Crippen LogP contribution in [0.1, 0.15) is 30.1 Å². The van der Waals surface area contributed by atoms with E-state index >= 15 is 4.39 Å². The van der Waals surface area contributed by atoms with Gasteiger partial charge < -0.3 is 19.4 Å². The first-order valence-corrected chi connectivity index (χ1v) is 14.4. The molecular weight excluding hydrogens is 547 g/mol. The van der Waals surface area contributed by atoms with Gasteiger partial charge in [-0.15, -0.1) is 0 Å². The Morgan fingerprint density at radius 2 is 2.00 bits per heavy atom. The zero-order valence-electron chi connectivity index (χ0n) is 22.9. The van der Waals surface area contributed by atoms with E-state index in [1.54, 1.807) is 28.0 Å². The van der Waals surface area contributed by atoms with Gasteiger partial charge in [-0.1, -0.05) is 30.3 Å². The molecule has 214 valence electrons. The predicted octanol–water partition coefficient (Wildman–Crippen LogP) is 3.59. The normalized spacial score (nSPS) is 26.2. The minimum Gasteiger partial charge on any atom is -0.489 e. The Bertz CT molecular complexity index is 1450. The largest absolute Gasteiger partial charge is 0.489 e. The number of hydrogen-bond donors (Lipinski definition) is 0. The standard InChI is InChI=1S/C30H32ClFN6O3/c1-3-24(39)36-10-11-37-21(15-36)17-41-28-25(30(37)40)29(34-27(26(28)31)22-6-4-5-7-23(22)32)38-16-20(12-18(38)2)35-9-8-19(13-33)14-35/h3-7,18-21H,1,8-12,14-17H2,2H3/t18-,19?,20?,21+/m0/s1. The molecule has 0 aliphatic carbocycles. The molecule has 3 fully saturated rings. The molecule has 2 amide bonds. The number of amides is 2. The van der Waals surface area contributed by atoms with Gasteiger partial charge in [-0.25, -0.2) is 9.37 Å². The van der Waals surface area contributed by atoms with Crippen LogP contribution in [0.3, 0.4) is 0 Å². The number of carbonyl (C=O) groups is 2. The molecule has 0 saturated carbocycles. The highest BCUT2D eigenvalue weighted by atomic mass is 35.5. The quantitative estimate of drug-likeness (QED) is 0.512. The van der Waals surface area contributed by atoms with E-state index in [9.17, 15) is 14.9 Å². The summed E-state index contributed by atoms with van der Waals surface area (Å²) in [6.07, 6.45) is 2.96. The van der Waals surface area contributed by atoms with E-state index < -0.39 is 5.82 Å². The number of ether oxygens (including phenoxy) is 1. The fraction of sp³-hybridized carbons (Fsp3) is 0.467. The Balaban J connectivity index is 1.43. The van der Waals surface area contributed by atoms with Gasteiger partial charge in [0.2, 0.25) is 5.91 Å². The van der Waals surface area contributed by atoms with Gasteiger partial charge in [0.15, 0.2) is 5.75 Å². The fourth-order valence-corrected chi connectivity index (χ4v) is 6.89. The van der Waals surface area contributed by atoms with E-state index in [0.29, 0.717) is 32.0 Å². The van der Waals surface area contributed by atoms with Crippen LogP contribution in [0.2, 0.25) is 5.02 Å². The van der Waals surface area contributed by atoms with Crippen molar-refractivity contribution in [1.29, 1.82) is 5.26 Å². The topological polar surface area (TPSA) is 93.0 Å². The van der Waals surface area contributed by atoms with E-state index in [0.717, 1.165) is 25.9 Å². The van der Waals surface area contributed by atoms with Crippen molar-refractivity contribution in [2.45, 2.75) is 37.9 Å². The molecule has 0 N–H and O–H groups in total. The molecule has 3 saturated heterocycles. The average Bonchev–Trinajstić information content (AvgIpc) is 3.59. The van der Waals surface area contributed by atoms with Crippen LogP contribution in [0.15, 0.2) is 36.9 Å². The third kappa shape index (κ3) is 4.81. The molecule has 4 atom stereocenters. The fourth-order valence-electron chi connectivity index (χ4n) is 6.60. The van der Waals surface area contributed by atoms with Gasteiger partial charge in [0.1, 0.15) is 28.8 Å². The summed E-state index contributed by atoms with van der Waals surface area (Å²) < 4.78 is 21.3. The zero-order valence-corrected chi connectivity index (χ0v) is 23.7. The maximum Gasteiger partial charge on any atom is 0.261 e. The number of nitrogens with zero attached hydrogens (tertiary/aromatic N) is 6. The van der Waals surface area contributed by atoms with Crippen molar-refractivity contribution in [3.8, 4) is 23.1 Å². The van der Waals surface area contributed by atoms with Crippen molar-refractivity contribution in [3.05, 3.63) is 53.3 Å². The minimum absolute atomic E-state index is 0.0236. The number of fused-ring (bicyclic) bond motifs is 2. The average molecular weight is 579 g/mol. The number of aromatic nitrogens is 1. The Hall–Kier alpha value is -3.68. The van der Waals surface area contributed by atoms with E-state index in [4.69, 9.17) is 21.3 Å². The number of nitriles is 1.